The van der Waals surface area contributed by atoms with Gasteiger partial charge in [-0.1, -0.05) is 41.9 Å². The first kappa shape index (κ1) is 16.1. The molecule has 0 saturated carbocycles. The Hall–Kier alpha value is -1.78. The van der Waals surface area contributed by atoms with Crippen molar-refractivity contribution in [1.29, 1.82) is 0 Å². The van der Waals surface area contributed by atoms with Crippen LogP contribution in [0.2, 0.25) is 5.02 Å². The Balaban J connectivity index is 2.24. The van der Waals surface area contributed by atoms with Crippen LogP contribution in [-0.4, -0.2) is 4.98 Å². The molecule has 3 rings (SSSR count). The Kier molecular flexibility index (Phi) is 4.21. The minimum absolute atomic E-state index is 0.122. The van der Waals surface area contributed by atoms with E-state index < -0.39 is 11.7 Å². The van der Waals surface area contributed by atoms with Gasteiger partial charge in [-0.15, -0.1) is 11.6 Å². The standard InChI is InChI=1S/C17H10Cl2F3N/c18-9-14-16(19)15(12-3-1-2-4-13(12)23-14)10-5-7-11(8-6-10)17(20,21)22/h1-8H,9H2. The van der Waals surface area contributed by atoms with Crippen LogP contribution in [0.5, 0.6) is 0 Å². The van der Waals surface area contributed by atoms with Gasteiger partial charge in [0.25, 0.3) is 0 Å². The number of hydrogen-bond acceptors (Lipinski definition) is 1. The normalized spacial score (nSPS) is 11.9. The van der Waals surface area contributed by atoms with Crippen LogP contribution >= 0.6 is 23.2 Å². The van der Waals surface area contributed by atoms with Crippen molar-refractivity contribution >= 4 is 34.1 Å². The molecule has 0 bridgehead atoms. The smallest absolute Gasteiger partial charge is 0.250 e. The van der Waals surface area contributed by atoms with Gasteiger partial charge in [0.15, 0.2) is 0 Å². The molecule has 1 nitrogen and oxygen atoms in total. The number of halogens is 5. The van der Waals surface area contributed by atoms with Gasteiger partial charge in [0.05, 0.1) is 27.7 Å². The van der Waals surface area contributed by atoms with E-state index in [1.165, 1.54) is 12.1 Å². The second-order valence-electron chi connectivity index (χ2n) is 4.97. The Morgan fingerprint density at radius 2 is 1.61 bits per heavy atom. The van der Waals surface area contributed by atoms with E-state index in [0.717, 1.165) is 17.5 Å². The third-order valence-electron chi connectivity index (χ3n) is 3.53. The average Bonchev–Trinajstić information content (AvgIpc) is 2.53. The average molecular weight is 356 g/mol. The lowest BCUT2D eigenvalue weighted by molar-refractivity contribution is -0.137. The molecule has 1 heterocycles. The molecule has 0 saturated heterocycles. The molecule has 0 spiro atoms. The molecular formula is C17H10Cl2F3N. The van der Waals surface area contributed by atoms with E-state index in [1.54, 1.807) is 0 Å². The molecule has 23 heavy (non-hydrogen) atoms. The van der Waals surface area contributed by atoms with Gasteiger partial charge in [0, 0.05) is 10.9 Å². The van der Waals surface area contributed by atoms with Gasteiger partial charge < -0.3 is 0 Å². The molecule has 0 amide bonds. The number of fused-ring (bicyclic) bond motifs is 1. The zero-order valence-electron chi connectivity index (χ0n) is 11.7. The van der Waals surface area contributed by atoms with Crippen LogP contribution in [-0.2, 0) is 12.1 Å². The number of nitrogens with zero attached hydrogens (tertiary/aromatic N) is 1. The fourth-order valence-corrected chi connectivity index (χ4v) is 3.02. The maximum absolute atomic E-state index is 12.7. The van der Waals surface area contributed by atoms with Crippen molar-refractivity contribution in [3.8, 4) is 11.1 Å². The van der Waals surface area contributed by atoms with Crippen LogP contribution in [0.15, 0.2) is 48.5 Å². The predicted octanol–water partition coefficient (Wildman–Crippen LogP) is 6.31. The van der Waals surface area contributed by atoms with E-state index in [-0.39, 0.29) is 5.88 Å². The van der Waals surface area contributed by atoms with E-state index in [9.17, 15) is 13.2 Å². The number of alkyl halides is 4. The summed E-state index contributed by atoms with van der Waals surface area (Å²) >= 11 is 12.3. The lowest BCUT2D eigenvalue weighted by Gasteiger charge is -2.13. The van der Waals surface area contributed by atoms with Crippen molar-refractivity contribution in [3.63, 3.8) is 0 Å². The van der Waals surface area contributed by atoms with Crippen LogP contribution in [0.4, 0.5) is 13.2 Å². The van der Waals surface area contributed by atoms with Crippen molar-refractivity contribution in [3.05, 3.63) is 64.8 Å². The lowest BCUT2D eigenvalue weighted by atomic mass is 9.99. The van der Waals surface area contributed by atoms with Gasteiger partial charge in [-0.25, -0.2) is 4.98 Å². The summed E-state index contributed by atoms with van der Waals surface area (Å²) in [5.41, 5.74) is 1.73. The maximum atomic E-state index is 12.7. The molecular weight excluding hydrogens is 346 g/mol. The third kappa shape index (κ3) is 3.01. The highest BCUT2D eigenvalue weighted by atomic mass is 35.5. The van der Waals surface area contributed by atoms with Crippen LogP contribution in [0, 0.1) is 0 Å². The molecule has 0 unspecified atom stereocenters. The van der Waals surface area contributed by atoms with E-state index in [0.29, 0.717) is 27.4 Å². The molecule has 0 N–H and O–H groups in total. The van der Waals surface area contributed by atoms with Crippen LogP contribution in [0.3, 0.4) is 0 Å². The summed E-state index contributed by atoms with van der Waals surface area (Å²) in [6, 6.07) is 12.2. The van der Waals surface area contributed by atoms with E-state index in [4.69, 9.17) is 23.2 Å². The Bertz CT molecular complexity index is 858. The topological polar surface area (TPSA) is 12.9 Å². The van der Waals surface area contributed by atoms with Crippen molar-refractivity contribution in [2.24, 2.45) is 0 Å². The first-order valence-corrected chi connectivity index (χ1v) is 7.64. The second kappa shape index (κ2) is 6.02. The number of para-hydroxylation sites is 1. The molecule has 118 valence electrons. The fraction of sp³-hybridized carbons (Fsp3) is 0.118. The summed E-state index contributed by atoms with van der Waals surface area (Å²) in [7, 11) is 0. The Morgan fingerprint density at radius 3 is 2.22 bits per heavy atom. The first-order chi connectivity index (χ1) is 10.9. The summed E-state index contributed by atoms with van der Waals surface area (Å²) in [6.45, 7) is 0. The van der Waals surface area contributed by atoms with Crippen LogP contribution in [0.1, 0.15) is 11.3 Å². The monoisotopic (exact) mass is 355 g/mol. The zero-order chi connectivity index (χ0) is 16.6. The molecule has 0 aliphatic heterocycles. The molecule has 3 aromatic rings. The first-order valence-electron chi connectivity index (χ1n) is 6.72. The highest BCUT2D eigenvalue weighted by molar-refractivity contribution is 6.36. The molecule has 0 aliphatic carbocycles. The van der Waals surface area contributed by atoms with Gasteiger partial charge in [-0.05, 0) is 23.8 Å². The highest BCUT2D eigenvalue weighted by Gasteiger charge is 2.30. The van der Waals surface area contributed by atoms with Gasteiger partial charge in [-0.3, -0.25) is 0 Å². The molecule has 0 atom stereocenters. The van der Waals surface area contributed by atoms with E-state index in [1.807, 2.05) is 24.3 Å². The van der Waals surface area contributed by atoms with E-state index >= 15 is 0 Å². The molecule has 2 aromatic carbocycles. The third-order valence-corrected chi connectivity index (χ3v) is 4.19. The summed E-state index contributed by atoms with van der Waals surface area (Å²) in [5.74, 6) is 0.122. The van der Waals surface area contributed by atoms with Gasteiger partial charge in [-0.2, -0.15) is 13.2 Å². The Labute approximate surface area is 140 Å². The number of rotatable bonds is 2. The molecule has 0 radical (unpaired) electrons. The number of benzene rings is 2. The number of pyridine rings is 1. The quantitative estimate of drug-likeness (QED) is 0.490. The van der Waals surface area contributed by atoms with Crippen molar-refractivity contribution in [1.82, 2.24) is 4.98 Å². The minimum Gasteiger partial charge on any atom is -0.250 e. The van der Waals surface area contributed by atoms with Crippen molar-refractivity contribution in [2.45, 2.75) is 12.1 Å². The maximum Gasteiger partial charge on any atom is 0.416 e. The van der Waals surface area contributed by atoms with E-state index in [2.05, 4.69) is 4.98 Å². The molecule has 0 aliphatic rings. The van der Waals surface area contributed by atoms with Gasteiger partial charge in [0.1, 0.15) is 0 Å². The second-order valence-corrected chi connectivity index (χ2v) is 5.62. The van der Waals surface area contributed by atoms with Gasteiger partial charge >= 0.3 is 6.18 Å². The Morgan fingerprint density at radius 1 is 0.957 bits per heavy atom. The largest absolute Gasteiger partial charge is 0.416 e. The summed E-state index contributed by atoms with van der Waals surface area (Å²) in [5, 5.41) is 1.13. The van der Waals surface area contributed by atoms with Crippen LogP contribution in [0.25, 0.3) is 22.0 Å². The summed E-state index contributed by atoms with van der Waals surface area (Å²) in [6.07, 6.45) is -4.37. The highest BCUT2D eigenvalue weighted by Crippen LogP contribution is 2.38. The lowest BCUT2D eigenvalue weighted by Crippen LogP contribution is -2.04. The summed E-state index contributed by atoms with van der Waals surface area (Å²) < 4.78 is 38.2. The number of aromatic nitrogens is 1. The molecule has 0 fully saturated rings. The molecule has 6 heteroatoms. The van der Waals surface area contributed by atoms with Gasteiger partial charge in [0.2, 0.25) is 0 Å². The van der Waals surface area contributed by atoms with Crippen molar-refractivity contribution in [2.75, 3.05) is 0 Å². The SMILES string of the molecule is FC(F)(F)c1ccc(-c2c(Cl)c(CCl)nc3ccccc23)cc1. The predicted molar refractivity (Wildman–Crippen MR) is 86.7 cm³/mol. The summed E-state index contributed by atoms with van der Waals surface area (Å²) in [4.78, 5) is 4.39. The fourth-order valence-electron chi connectivity index (χ4n) is 2.44. The molecule has 1 aromatic heterocycles. The van der Waals surface area contributed by atoms with Crippen LogP contribution < -0.4 is 0 Å². The zero-order valence-corrected chi connectivity index (χ0v) is 13.2. The minimum atomic E-state index is -4.37. The number of hydrogen-bond donors (Lipinski definition) is 0. The van der Waals surface area contributed by atoms with Crippen molar-refractivity contribution < 1.29 is 13.2 Å².